The van der Waals surface area contributed by atoms with Crippen molar-refractivity contribution in [1.29, 1.82) is 0 Å². The van der Waals surface area contributed by atoms with Gasteiger partial charge in [0.1, 0.15) is 11.4 Å². The highest BCUT2D eigenvalue weighted by Gasteiger charge is 2.21. The monoisotopic (exact) mass is 178 g/mol. The molecule has 0 aromatic heterocycles. The number of rotatable bonds is 2. The molecular weight excluding hydrogens is 164 g/mol. The van der Waals surface area contributed by atoms with Gasteiger partial charge in [0.25, 0.3) is 0 Å². The van der Waals surface area contributed by atoms with E-state index in [9.17, 15) is 10.2 Å². The molecule has 0 saturated carbocycles. The summed E-state index contributed by atoms with van der Waals surface area (Å²) in [6, 6.07) is 5.11. The fourth-order valence-corrected chi connectivity index (χ4v) is 1.17. The zero-order valence-corrected chi connectivity index (χ0v) is 7.91. The Bertz CT molecular complexity index is 327. The molecule has 0 fully saturated rings. The second-order valence-corrected chi connectivity index (χ2v) is 3.37. The summed E-state index contributed by atoms with van der Waals surface area (Å²) in [5.74, 6) is 0.0931. The summed E-state index contributed by atoms with van der Waals surface area (Å²) in [6.07, 6.45) is 1.40. The molecule has 13 heavy (non-hydrogen) atoms. The number of benzene rings is 1. The Morgan fingerprint density at radius 3 is 2.62 bits per heavy atom. The Morgan fingerprint density at radius 2 is 2.08 bits per heavy atom. The van der Waals surface area contributed by atoms with Crippen molar-refractivity contribution in [3.63, 3.8) is 0 Å². The summed E-state index contributed by atoms with van der Waals surface area (Å²) >= 11 is 0. The maximum Gasteiger partial charge on any atom is 0.122 e. The quantitative estimate of drug-likeness (QED) is 0.681. The Morgan fingerprint density at radius 1 is 1.46 bits per heavy atom. The molecule has 0 radical (unpaired) electrons. The van der Waals surface area contributed by atoms with Gasteiger partial charge in [-0.05, 0) is 26.0 Å². The molecule has 0 bridgehead atoms. The van der Waals surface area contributed by atoms with Gasteiger partial charge in [-0.3, -0.25) is 0 Å². The maximum absolute atomic E-state index is 9.82. The van der Waals surface area contributed by atoms with Crippen LogP contribution in [0.5, 0.6) is 5.75 Å². The SMILES string of the molecule is C=CC(C)(O)c1cc(C)ccc1O. The van der Waals surface area contributed by atoms with E-state index in [1.54, 1.807) is 25.1 Å². The Hall–Kier alpha value is -1.28. The number of aryl methyl sites for hydroxylation is 1. The minimum Gasteiger partial charge on any atom is -0.508 e. The lowest BCUT2D eigenvalue weighted by Crippen LogP contribution is -2.17. The molecule has 1 atom stereocenters. The highest BCUT2D eigenvalue weighted by molar-refractivity contribution is 5.41. The van der Waals surface area contributed by atoms with Gasteiger partial charge in [-0.1, -0.05) is 24.3 Å². The molecule has 0 aliphatic carbocycles. The van der Waals surface area contributed by atoms with Crippen LogP contribution in [0.2, 0.25) is 0 Å². The van der Waals surface area contributed by atoms with Crippen molar-refractivity contribution < 1.29 is 10.2 Å². The molecular formula is C11H14O2. The minimum absolute atomic E-state index is 0.0931. The molecule has 0 amide bonds. The lowest BCUT2D eigenvalue weighted by Gasteiger charge is -2.20. The van der Waals surface area contributed by atoms with Crippen LogP contribution in [-0.4, -0.2) is 10.2 Å². The van der Waals surface area contributed by atoms with Gasteiger partial charge < -0.3 is 10.2 Å². The average Bonchev–Trinajstić information content (AvgIpc) is 2.09. The highest BCUT2D eigenvalue weighted by atomic mass is 16.3. The van der Waals surface area contributed by atoms with Crippen molar-refractivity contribution in [2.24, 2.45) is 0 Å². The highest BCUT2D eigenvalue weighted by Crippen LogP contribution is 2.30. The zero-order valence-electron chi connectivity index (χ0n) is 7.91. The van der Waals surface area contributed by atoms with Crippen molar-refractivity contribution in [3.8, 4) is 5.75 Å². The first kappa shape index (κ1) is 9.81. The standard InChI is InChI=1S/C11H14O2/c1-4-11(3,13)9-7-8(2)5-6-10(9)12/h4-7,12-13H,1H2,2-3H3. The number of hydrogen-bond acceptors (Lipinski definition) is 2. The van der Waals surface area contributed by atoms with Crippen molar-refractivity contribution in [2.75, 3.05) is 0 Å². The number of hydrogen-bond donors (Lipinski definition) is 2. The molecule has 0 saturated heterocycles. The zero-order chi connectivity index (χ0) is 10.1. The third-order valence-electron chi connectivity index (χ3n) is 2.09. The third kappa shape index (κ3) is 1.90. The van der Waals surface area contributed by atoms with Crippen LogP contribution in [0.1, 0.15) is 18.1 Å². The Kier molecular flexibility index (Phi) is 2.43. The van der Waals surface area contributed by atoms with Crippen LogP contribution in [0.4, 0.5) is 0 Å². The summed E-state index contributed by atoms with van der Waals surface area (Å²) < 4.78 is 0. The van der Waals surface area contributed by atoms with E-state index in [-0.39, 0.29) is 5.75 Å². The van der Waals surface area contributed by atoms with Crippen LogP contribution in [0, 0.1) is 6.92 Å². The molecule has 2 nitrogen and oxygen atoms in total. The predicted molar refractivity (Wildman–Crippen MR) is 52.6 cm³/mol. The predicted octanol–water partition coefficient (Wildman–Crippen LogP) is 2.09. The molecule has 0 heterocycles. The maximum atomic E-state index is 9.82. The summed E-state index contributed by atoms with van der Waals surface area (Å²) in [4.78, 5) is 0. The van der Waals surface area contributed by atoms with Crippen molar-refractivity contribution >= 4 is 0 Å². The summed E-state index contributed by atoms with van der Waals surface area (Å²) in [5.41, 5.74) is 0.313. The van der Waals surface area contributed by atoms with Crippen LogP contribution in [0.25, 0.3) is 0 Å². The Labute approximate surface area is 78.2 Å². The minimum atomic E-state index is -1.17. The van der Waals surface area contributed by atoms with Gasteiger partial charge >= 0.3 is 0 Å². The lowest BCUT2D eigenvalue weighted by atomic mass is 9.94. The van der Waals surface area contributed by atoms with Gasteiger partial charge in [-0.25, -0.2) is 0 Å². The molecule has 2 heteroatoms. The van der Waals surface area contributed by atoms with Crippen LogP contribution >= 0.6 is 0 Å². The number of phenols is 1. The molecule has 0 aliphatic heterocycles. The first-order chi connectivity index (χ1) is 5.97. The van der Waals surface area contributed by atoms with E-state index in [2.05, 4.69) is 6.58 Å². The van der Waals surface area contributed by atoms with E-state index in [1.807, 2.05) is 6.92 Å². The molecule has 1 aromatic rings. The van der Waals surface area contributed by atoms with E-state index in [1.165, 1.54) is 6.08 Å². The van der Waals surface area contributed by atoms with Gasteiger partial charge in [0.2, 0.25) is 0 Å². The Balaban J connectivity index is 3.28. The fraction of sp³-hybridized carbons (Fsp3) is 0.273. The first-order valence-electron chi connectivity index (χ1n) is 4.13. The molecule has 70 valence electrons. The van der Waals surface area contributed by atoms with Crippen molar-refractivity contribution in [3.05, 3.63) is 42.0 Å². The summed E-state index contributed by atoms with van der Waals surface area (Å²) in [6.45, 7) is 7.02. The topological polar surface area (TPSA) is 40.5 Å². The molecule has 2 N–H and O–H groups in total. The average molecular weight is 178 g/mol. The summed E-state index contributed by atoms with van der Waals surface area (Å²) in [5, 5.41) is 19.3. The molecule has 1 aromatic carbocycles. The molecule has 1 unspecified atom stereocenters. The smallest absolute Gasteiger partial charge is 0.122 e. The van der Waals surface area contributed by atoms with E-state index < -0.39 is 5.60 Å². The summed E-state index contributed by atoms with van der Waals surface area (Å²) in [7, 11) is 0. The van der Waals surface area contributed by atoms with Crippen LogP contribution in [0.15, 0.2) is 30.9 Å². The van der Waals surface area contributed by atoms with Gasteiger partial charge in [-0.15, -0.1) is 0 Å². The van der Waals surface area contributed by atoms with Gasteiger partial charge in [0, 0.05) is 5.56 Å². The molecule has 0 spiro atoms. The third-order valence-corrected chi connectivity index (χ3v) is 2.09. The number of aliphatic hydroxyl groups is 1. The first-order valence-corrected chi connectivity index (χ1v) is 4.13. The van der Waals surface area contributed by atoms with Crippen LogP contribution in [0.3, 0.4) is 0 Å². The second kappa shape index (κ2) is 3.23. The fourth-order valence-electron chi connectivity index (χ4n) is 1.17. The number of phenolic OH excluding ortho intramolecular Hbond substituents is 1. The molecule has 1 rings (SSSR count). The lowest BCUT2D eigenvalue weighted by molar-refractivity contribution is 0.108. The number of aromatic hydroxyl groups is 1. The van der Waals surface area contributed by atoms with E-state index in [0.29, 0.717) is 5.56 Å². The van der Waals surface area contributed by atoms with Gasteiger partial charge in [0.15, 0.2) is 0 Å². The van der Waals surface area contributed by atoms with Crippen LogP contribution < -0.4 is 0 Å². The second-order valence-electron chi connectivity index (χ2n) is 3.37. The molecule has 0 aliphatic rings. The van der Waals surface area contributed by atoms with Gasteiger partial charge in [-0.2, -0.15) is 0 Å². The van der Waals surface area contributed by atoms with E-state index >= 15 is 0 Å². The van der Waals surface area contributed by atoms with Crippen LogP contribution in [-0.2, 0) is 5.60 Å². The normalized spacial score (nSPS) is 15.0. The van der Waals surface area contributed by atoms with Crippen molar-refractivity contribution in [1.82, 2.24) is 0 Å². The van der Waals surface area contributed by atoms with E-state index in [4.69, 9.17) is 0 Å². The van der Waals surface area contributed by atoms with Crippen molar-refractivity contribution in [2.45, 2.75) is 19.4 Å². The van der Waals surface area contributed by atoms with E-state index in [0.717, 1.165) is 5.56 Å². The largest absolute Gasteiger partial charge is 0.508 e. The van der Waals surface area contributed by atoms with Gasteiger partial charge in [0.05, 0.1) is 0 Å².